The first-order chi connectivity index (χ1) is 20.2. The lowest BCUT2D eigenvalue weighted by Gasteiger charge is -2.17. The van der Waals surface area contributed by atoms with Crippen LogP contribution in [0.5, 0.6) is 0 Å². The van der Waals surface area contributed by atoms with Gasteiger partial charge in [-0.15, -0.1) is 0 Å². The number of rotatable bonds is 34. The Kier molecular flexibility index (Phi) is 34.8. The molecule has 246 valence electrons. The minimum absolute atomic E-state index is 0.101. The molecule has 0 saturated heterocycles. The van der Waals surface area contributed by atoms with Gasteiger partial charge in [-0.25, -0.2) is 4.79 Å². The SMILES string of the molecule is CCCCCCCCCCCCCCCCCCC(CCCCCCCCCCCCCCCCC)OC(=O)NC. The summed E-state index contributed by atoms with van der Waals surface area (Å²) < 4.78 is 5.69. The quantitative estimate of drug-likeness (QED) is 0.0770. The van der Waals surface area contributed by atoms with Crippen molar-refractivity contribution in [1.82, 2.24) is 5.32 Å². The van der Waals surface area contributed by atoms with Crippen LogP contribution in [0.4, 0.5) is 4.79 Å². The smallest absolute Gasteiger partial charge is 0.407 e. The van der Waals surface area contributed by atoms with Crippen LogP contribution in [0.3, 0.4) is 0 Å². The fourth-order valence-electron chi connectivity index (χ4n) is 6.14. The van der Waals surface area contributed by atoms with Crippen molar-refractivity contribution in [2.24, 2.45) is 0 Å². The average molecular weight is 580 g/mol. The van der Waals surface area contributed by atoms with Crippen molar-refractivity contribution in [2.45, 2.75) is 232 Å². The highest BCUT2D eigenvalue weighted by atomic mass is 16.6. The van der Waals surface area contributed by atoms with Crippen molar-refractivity contribution < 1.29 is 9.53 Å². The summed E-state index contributed by atoms with van der Waals surface area (Å²) in [7, 11) is 1.67. The van der Waals surface area contributed by atoms with E-state index in [0.717, 1.165) is 12.8 Å². The molecule has 0 aliphatic rings. The summed E-state index contributed by atoms with van der Waals surface area (Å²) >= 11 is 0. The Balaban J connectivity index is 3.57. The van der Waals surface area contributed by atoms with E-state index in [1.165, 1.54) is 199 Å². The Morgan fingerprint density at radius 3 is 0.854 bits per heavy atom. The summed E-state index contributed by atoms with van der Waals surface area (Å²) in [5.41, 5.74) is 0. The molecule has 1 unspecified atom stereocenters. The zero-order chi connectivity index (χ0) is 29.9. The van der Waals surface area contributed by atoms with E-state index in [2.05, 4.69) is 19.2 Å². The van der Waals surface area contributed by atoms with Gasteiger partial charge in [0.1, 0.15) is 6.10 Å². The number of alkyl carbamates (subject to hydrolysis) is 1. The molecule has 1 atom stereocenters. The summed E-state index contributed by atoms with van der Waals surface area (Å²) in [6.07, 6.45) is 45.1. The summed E-state index contributed by atoms with van der Waals surface area (Å²) in [6, 6.07) is 0. The van der Waals surface area contributed by atoms with Crippen molar-refractivity contribution >= 4 is 6.09 Å². The van der Waals surface area contributed by atoms with Gasteiger partial charge in [0.2, 0.25) is 0 Å². The average Bonchev–Trinajstić information content (AvgIpc) is 2.98. The Labute approximate surface area is 259 Å². The Morgan fingerprint density at radius 2 is 0.634 bits per heavy atom. The van der Waals surface area contributed by atoms with Crippen LogP contribution in [0.15, 0.2) is 0 Å². The molecule has 0 heterocycles. The molecule has 0 bridgehead atoms. The predicted molar refractivity (Wildman–Crippen MR) is 183 cm³/mol. The lowest BCUT2D eigenvalue weighted by molar-refractivity contribution is 0.0858. The maximum absolute atomic E-state index is 11.8. The molecule has 0 aliphatic heterocycles. The molecular weight excluding hydrogens is 502 g/mol. The third-order valence-electron chi connectivity index (χ3n) is 8.99. The van der Waals surface area contributed by atoms with E-state index in [4.69, 9.17) is 4.74 Å². The summed E-state index contributed by atoms with van der Waals surface area (Å²) in [6.45, 7) is 4.59. The Bertz CT molecular complexity index is 495. The van der Waals surface area contributed by atoms with Crippen molar-refractivity contribution in [3.63, 3.8) is 0 Å². The highest BCUT2D eigenvalue weighted by Gasteiger charge is 2.13. The van der Waals surface area contributed by atoms with Gasteiger partial charge in [0.05, 0.1) is 0 Å². The first-order valence-corrected chi connectivity index (χ1v) is 19.1. The zero-order valence-electron chi connectivity index (χ0n) is 28.7. The molecular formula is C38H77NO2. The number of ether oxygens (including phenoxy) is 1. The zero-order valence-corrected chi connectivity index (χ0v) is 28.7. The van der Waals surface area contributed by atoms with Gasteiger partial charge >= 0.3 is 6.09 Å². The lowest BCUT2D eigenvalue weighted by Crippen LogP contribution is -2.26. The molecule has 0 aliphatic carbocycles. The van der Waals surface area contributed by atoms with Gasteiger partial charge < -0.3 is 10.1 Å². The van der Waals surface area contributed by atoms with Crippen molar-refractivity contribution in [2.75, 3.05) is 7.05 Å². The van der Waals surface area contributed by atoms with Crippen LogP contribution in [-0.2, 0) is 4.74 Å². The van der Waals surface area contributed by atoms with E-state index in [1.54, 1.807) is 7.05 Å². The predicted octanol–water partition coefficient (Wildman–Crippen LogP) is 13.6. The van der Waals surface area contributed by atoms with E-state index in [0.29, 0.717) is 0 Å². The molecule has 0 rings (SSSR count). The monoisotopic (exact) mass is 580 g/mol. The summed E-state index contributed by atoms with van der Waals surface area (Å²) in [5.74, 6) is 0. The van der Waals surface area contributed by atoms with Gasteiger partial charge in [-0.2, -0.15) is 0 Å². The van der Waals surface area contributed by atoms with Crippen LogP contribution in [0.2, 0.25) is 0 Å². The molecule has 41 heavy (non-hydrogen) atoms. The Hall–Kier alpha value is -0.730. The number of unbranched alkanes of at least 4 members (excludes halogenated alkanes) is 29. The molecule has 3 heteroatoms. The molecule has 0 aromatic carbocycles. The van der Waals surface area contributed by atoms with Crippen LogP contribution >= 0.6 is 0 Å². The fraction of sp³-hybridized carbons (Fsp3) is 0.974. The van der Waals surface area contributed by atoms with Crippen molar-refractivity contribution in [3.05, 3.63) is 0 Å². The van der Waals surface area contributed by atoms with E-state index in [1.807, 2.05) is 0 Å². The van der Waals surface area contributed by atoms with Crippen LogP contribution in [0.25, 0.3) is 0 Å². The van der Waals surface area contributed by atoms with Gasteiger partial charge in [-0.3, -0.25) is 0 Å². The van der Waals surface area contributed by atoms with Crippen LogP contribution < -0.4 is 5.32 Å². The van der Waals surface area contributed by atoms with E-state index in [9.17, 15) is 4.79 Å². The Morgan fingerprint density at radius 1 is 0.415 bits per heavy atom. The van der Waals surface area contributed by atoms with E-state index >= 15 is 0 Å². The van der Waals surface area contributed by atoms with Gasteiger partial charge in [0.25, 0.3) is 0 Å². The minimum Gasteiger partial charge on any atom is -0.446 e. The number of amides is 1. The second-order valence-corrected chi connectivity index (χ2v) is 13.1. The number of carbonyl (C=O) groups is 1. The standard InChI is InChI=1S/C38H77NO2/c1-4-6-8-10-12-14-16-18-20-22-24-26-28-30-32-34-36-37(41-38(40)39-3)35-33-31-29-27-25-23-21-19-17-15-13-11-9-7-5-2/h37H,4-36H2,1-3H3,(H,39,40). The summed E-state index contributed by atoms with van der Waals surface area (Å²) in [4.78, 5) is 11.8. The fourth-order valence-corrected chi connectivity index (χ4v) is 6.14. The van der Waals surface area contributed by atoms with Gasteiger partial charge in [-0.1, -0.05) is 200 Å². The third-order valence-corrected chi connectivity index (χ3v) is 8.99. The van der Waals surface area contributed by atoms with Crippen molar-refractivity contribution in [1.29, 1.82) is 0 Å². The molecule has 1 amide bonds. The lowest BCUT2D eigenvalue weighted by atomic mass is 10.0. The first kappa shape index (κ1) is 40.3. The van der Waals surface area contributed by atoms with Gasteiger partial charge in [-0.05, 0) is 25.7 Å². The highest BCUT2D eigenvalue weighted by molar-refractivity contribution is 5.66. The van der Waals surface area contributed by atoms with Crippen LogP contribution in [-0.4, -0.2) is 19.2 Å². The molecule has 1 N–H and O–H groups in total. The van der Waals surface area contributed by atoms with Gasteiger partial charge in [0, 0.05) is 7.05 Å². The minimum atomic E-state index is -0.257. The van der Waals surface area contributed by atoms with E-state index < -0.39 is 0 Å². The molecule has 0 aromatic heterocycles. The highest BCUT2D eigenvalue weighted by Crippen LogP contribution is 2.19. The summed E-state index contributed by atoms with van der Waals surface area (Å²) in [5, 5.41) is 2.64. The van der Waals surface area contributed by atoms with Crippen LogP contribution in [0.1, 0.15) is 226 Å². The molecule has 0 saturated carbocycles. The molecule has 3 nitrogen and oxygen atoms in total. The molecule has 0 spiro atoms. The normalized spacial score (nSPS) is 12.1. The maximum Gasteiger partial charge on any atom is 0.407 e. The second kappa shape index (κ2) is 35.5. The third kappa shape index (κ3) is 33.6. The van der Waals surface area contributed by atoms with E-state index in [-0.39, 0.29) is 12.2 Å². The largest absolute Gasteiger partial charge is 0.446 e. The number of nitrogens with one attached hydrogen (secondary N) is 1. The van der Waals surface area contributed by atoms with Crippen LogP contribution in [0, 0.1) is 0 Å². The maximum atomic E-state index is 11.8. The van der Waals surface area contributed by atoms with Crippen molar-refractivity contribution in [3.8, 4) is 0 Å². The number of hydrogen-bond donors (Lipinski definition) is 1. The molecule has 0 aromatic rings. The number of carbonyl (C=O) groups excluding carboxylic acids is 1. The molecule has 0 fully saturated rings. The molecule has 0 radical (unpaired) electrons. The topological polar surface area (TPSA) is 38.3 Å². The number of hydrogen-bond acceptors (Lipinski definition) is 2. The first-order valence-electron chi connectivity index (χ1n) is 19.1. The second-order valence-electron chi connectivity index (χ2n) is 13.1. The van der Waals surface area contributed by atoms with Gasteiger partial charge in [0.15, 0.2) is 0 Å².